The zero-order chi connectivity index (χ0) is 18.8. The monoisotopic (exact) mass is 361 g/mol. The average Bonchev–Trinajstić information content (AvgIpc) is 3.09. The first kappa shape index (κ1) is 17.5. The number of ketones is 1. The molecule has 1 saturated carbocycles. The van der Waals surface area contributed by atoms with Crippen LogP contribution in [-0.2, 0) is 0 Å². The number of nitrogens with one attached hydrogen (secondary N) is 1. The molecule has 0 radical (unpaired) electrons. The van der Waals surface area contributed by atoms with Crippen LogP contribution in [0.4, 0.5) is 5.69 Å². The van der Waals surface area contributed by atoms with Gasteiger partial charge in [-0.3, -0.25) is 9.59 Å². The SMILES string of the molecule is CC(=O)c1ccc(NC(=O)c2nc(C3CCCCC3)n3ccccc23)cc1. The number of aromatic nitrogens is 2. The topological polar surface area (TPSA) is 63.5 Å². The van der Waals surface area contributed by atoms with Gasteiger partial charge in [0.15, 0.2) is 11.5 Å². The lowest BCUT2D eigenvalue weighted by atomic mass is 9.89. The summed E-state index contributed by atoms with van der Waals surface area (Å²) in [5, 5.41) is 2.91. The number of pyridine rings is 1. The van der Waals surface area contributed by atoms with E-state index in [1.54, 1.807) is 24.3 Å². The fraction of sp³-hybridized carbons (Fsp3) is 0.318. The molecule has 27 heavy (non-hydrogen) atoms. The molecule has 5 heteroatoms. The summed E-state index contributed by atoms with van der Waals surface area (Å²) in [6.07, 6.45) is 7.96. The summed E-state index contributed by atoms with van der Waals surface area (Å²) in [6.45, 7) is 1.53. The predicted octanol–water partition coefficient (Wildman–Crippen LogP) is 4.84. The van der Waals surface area contributed by atoms with Gasteiger partial charge >= 0.3 is 0 Å². The normalized spacial score (nSPS) is 15.0. The van der Waals surface area contributed by atoms with E-state index in [-0.39, 0.29) is 11.7 Å². The Labute approximate surface area is 158 Å². The van der Waals surface area contributed by atoms with Gasteiger partial charge in [0, 0.05) is 23.4 Å². The van der Waals surface area contributed by atoms with Crippen molar-refractivity contribution in [3.05, 3.63) is 65.7 Å². The Kier molecular flexibility index (Phi) is 4.75. The number of fused-ring (bicyclic) bond motifs is 1. The molecule has 0 bridgehead atoms. The van der Waals surface area contributed by atoms with Crippen LogP contribution >= 0.6 is 0 Å². The van der Waals surface area contributed by atoms with Crippen LogP contribution in [-0.4, -0.2) is 21.1 Å². The summed E-state index contributed by atoms with van der Waals surface area (Å²) in [6, 6.07) is 12.8. The van der Waals surface area contributed by atoms with E-state index in [9.17, 15) is 9.59 Å². The molecule has 2 aromatic heterocycles. The third-order valence-corrected chi connectivity index (χ3v) is 5.31. The van der Waals surface area contributed by atoms with Crippen molar-refractivity contribution < 1.29 is 9.59 Å². The van der Waals surface area contributed by atoms with Gasteiger partial charge in [-0.05, 0) is 56.2 Å². The van der Waals surface area contributed by atoms with Crippen molar-refractivity contribution in [2.75, 3.05) is 5.32 Å². The van der Waals surface area contributed by atoms with Crippen LogP contribution < -0.4 is 5.32 Å². The largest absolute Gasteiger partial charge is 0.321 e. The van der Waals surface area contributed by atoms with Crippen molar-refractivity contribution in [1.82, 2.24) is 9.38 Å². The van der Waals surface area contributed by atoms with Crippen LogP contribution in [0.25, 0.3) is 5.52 Å². The van der Waals surface area contributed by atoms with Crippen molar-refractivity contribution in [3.8, 4) is 0 Å². The molecular weight excluding hydrogens is 338 g/mol. The highest BCUT2D eigenvalue weighted by molar-refractivity contribution is 6.07. The standard InChI is InChI=1S/C22H23N3O2/c1-15(26)16-10-12-18(13-11-16)23-22(27)20-19-9-5-6-14-25(19)21(24-20)17-7-3-2-4-8-17/h5-6,9-14,17H,2-4,7-8H2,1H3,(H,23,27). The van der Waals surface area contributed by atoms with E-state index >= 15 is 0 Å². The highest BCUT2D eigenvalue weighted by atomic mass is 16.2. The van der Waals surface area contributed by atoms with Gasteiger partial charge in [0.1, 0.15) is 5.82 Å². The summed E-state index contributed by atoms with van der Waals surface area (Å²) in [5.74, 6) is 1.17. The van der Waals surface area contributed by atoms with Gasteiger partial charge in [-0.15, -0.1) is 0 Å². The quantitative estimate of drug-likeness (QED) is 0.677. The molecule has 1 aliphatic carbocycles. The minimum atomic E-state index is -0.226. The van der Waals surface area contributed by atoms with Gasteiger partial charge in [0.25, 0.3) is 5.91 Å². The lowest BCUT2D eigenvalue weighted by Crippen LogP contribution is -2.13. The molecule has 1 aliphatic rings. The number of anilines is 1. The maximum atomic E-state index is 12.9. The molecule has 0 atom stereocenters. The second kappa shape index (κ2) is 7.35. The van der Waals surface area contributed by atoms with E-state index in [1.807, 2.05) is 24.4 Å². The Bertz CT molecular complexity index is 982. The number of imidazole rings is 1. The van der Waals surface area contributed by atoms with E-state index in [1.165, 1.54) is 26.2 Å². The fourth-order valence-corrected chi connectivity index (χ4v) is 3.86. The molecule has 1 fully saturated rings. The molecular formula is C22H23N3O2. The number of amides is 1. The lowest BCUT2D eigenvalue weighted by Gasteiger charge is -2.20. The van der Waals surface area contributed by atoms with E-state index in [4.69, 9.17) is 4.98 Å². The smallest absolute Gasteiger partial charge is 0.276 e. The first-order chi connectivity index (χ1) is 13.1. The number of hydrogen-bond acceptors (Lipinski definition) is 3. The number of hydrogen-bond donors (Lipinski definition) is 1. The molecule has 0 saturated heterocycles. The summed E-state index contributed by atoms with van der Waals surface area (Å²) >= 11 is 0. The molecule has 1 aromatic carbocycles. The minimum absolute atomic E-state index is 0.00472. The van der Waals surface area contributed by atoms with Crippen molar-refractivity contribution in [2.24, 2.45) is 0 Å². The van der Waals surface area contributed by atoms with Crippen molar-refractivity contribution in [2.45, 2.75) is 44.9 Å². The fourth-order valence-electron chi connectivity index (χ4n) is 3.86. The zero-order valence-electron chi connectivity index (χ0n) is 15.4. The number of nitrogens with zero attached hydrogens (tertiary/aromatic N) is 2. The molecule has 138 valence electrons. The van der Waals surface area contributed by atoms with Crippen LogP contribution in [0.15, 0.2) is 48.7 Å². The van der Waals surface area contributed by atoms with E-state index in [0.717, 1.165) is 24.2 Å². The number of Topliss-reactive ketones (excluding diaryl/α,β-unsaturated/α-hetero) is 1. The Morgan fingerprint density at radius 3 is 2.48 bits per heavy atom. The third kappa shape index (κ3) is 3.50. The average molecular weight is 361 g/mol. The van der Waals surface area contributed by atoms with Crippen molar-refractivity contribution in [3.63, 3.8) is 0 Å². The first-order valence-electron chi connectivity index (χ1n) is 9.53. The summed E-state index contributed by atoms with van der Waals surface area (Å²) in [5.41, 5.74) is 2.56. The van der Waals surface area contributed by atoms with Gasteiger partial charge in [-0.2, -0.15) is 0 Å². The van der Waals surface area contributed by atoms with Crippen LogP contribution in [0.2, 0.25) is 0 Å². The van der Waals surface area contributed by atoms with Crippen molar-refractivity contribution in [1.29, 1.82) is 0 Å². The van der Waals surface area contributed by atoms with Crippen LogP contribution in [0.5, 0.6) is 0 Å². The van der Waals surface area contributed by atoms with Gasteiger partial charge < -0.3 is 9.72 Å². The van der Waals surface area contributed by atoms with E-state index in [2.05, 4.69) is 9.72 Å². The Morgan fingerprint density at radius 1 is 1.04 bits per heavy atom. The van der Waals surface area contributed by atoms with Gasteiger partial charge in [-0.1, -0.05) is 25.3 Å². The molecule has 1 N–H and O–H groups in total. The number of rotatable bonds is 4. The maximum absolute atomic E-state index is 12.9. The second-order valence-corrected chi connectivity index (χ2v) is 7.20. The summed E-state index contributed by atoms with van der Waals surface area (Å²) in [7, 11) is 0. The van der Waals surface area contributed by atoms with Gasteiger partial charge in [-0.25, -0.2) is 4.98 Å². The van der Waals surface area contributed by atoms with Crippen LogP contribution in [0, 0.1) is 0 Å². The molecule has 0 unspecified atom stereocenters. The minimum Gasteiger partial charge on any atom is -0.321 e. The van der Waals surface area contributed by atoms with Gasteiger partial charge in [0.05, 0.1) is 5.52 Å². The number of carbonyl (C=O) groups is 2. The predicted molar refractivity (Wildman–Crippen MR) is 105 cm³/mol. The summed E-state index contributed by atoms with van der Waals surface area (Å²) < 4.78 is 2.06. The number of benzene rings is 1. The molecule has 0 aliphatic heterocycles. The molecule has 3 aromatic rings. The Hall–Kier alpha value is -2.95. The van der Waals surface area contributed by atoms with E-state index in [0.29, 0.717) is 22.9 Å². The van der Waals surface area contributed by atoms with Crippen LogP contribution in [0.1, 0.15) is 71.6 Å². The van der Waals surface area contributed by atoms with Gasteiger partial charge in [0.2, 0.25) is 0 Å². The Morgan fingerprint density at radius 2 is 1.78 bits per heavy atom. The molecule has 2 heterocycles. The first-order valence-corrected chi connectivity index (χ1v) is 9.53. The molecule has 4 rings (SSSR count). The van der Waals surface area contributed by atoms with Crippen LogP contribution in [0.3, 0.4) is 0 Å². The maximum Gasteiger partial charge on any atom is 0.276 e. The van der Waals surface area contributed by atoms with E-state index < -0.39 is 0 Å². The number of carbonyl (C=O) groups excluding carboxylic acids is 2. The second-order valence-electron chi connectivity index (χ2n) is 7.20. The Balaban J connectivity index is 1.64. The molecule has 5 nitrogen and oxygen atoms in total. The van der Waals surface area contributed by atoms with Crippen molar-refractivity contribution >= 4 is 22.9 Å². The summed E-state index contributed by atoms with van der Waals surface area (Å²) in [4.78, 5) is 29.0. The molecule has 1 amide bonds. The third-order valence-electron chi connectivity index (χ3n) is 5.31. The highest BCUT2D eigenvalue weighted by Gasteiger charge is 2.24. The highest BCUT2D eigenvalue weighted by Crippen LogP contribution is 2.33. The lowest BCUT2D eigenvalue weighted by molar-refractivity contribution is 0.101. The molecule has 0 spiro atoms. The zero-order valence-corrected chi connectivity index (χ0v) is 15.4.